The molecule has 3 aromatic carbocycles. The summed E-state index contributed by atoms with van der Waals surface area (Å²) in [6.07, 6.45) is 2.33. The molecule has 0 atom stereocenters. The molecule has 0 aliphatic heterocycles. The van der Waals surface area contributed by atoms with Gasteiger partial charge in [0.1, 0.15) is 5.75 Å². The van der Waals surface area contributed by atoms with E-state index in [-0.39, 0.29) is 23.3 Å². The maximum atomic E-state index is 13.8. The Morgan fingerprint density at radius 2 is 1.42 bits per heavy atom. The second-order valence-electron chi connectivity index (χ2n) is 9.16. The van der Waals surface area contributed by atoms with Crippen molar-refractivity contribution < 1.29 is 18.7 Å². The average molecular weight is 449 g/mol. The van der Waals surface area contributed by atoms with Crippen LogP contribution in [-0.4, -0.2) is 10.9 Å². The van der Waals surface area contributed by atoms with E-state index in [2.05, 4.69) is 31.2 Å². The molecular formula is C29H30F2O2. The van der Waals surface area contributed by atoms with E-state index in [1.165, 1.54) is 43.4 Å². The lowest BCUT2D eigenvalue weighted by Gasteiger charge is -2.26. The second-order valence-corrected chi connectivity index (χ2v) is 9.16. The van der Waals surface area contributed by atoms with Crippen molar-refractivity contribution in [3.8, 4) is 28.0 Å². The molecule has 1 aliphatic carbocycles. The lowest BCUT2D eigenvalue weighted by atomic mass is 9.79. The van der Waals surface area contributed by atoms with Gasteiger partial charge in [0.15, 0.2) is 5.78 Å². The number of carbonyl (C=O) groups excluding carboxylic acids is 1. The molecule has 4 rings (SSSR count). The molecule has 0 saturated heterocycles. The topological polar surface area (TPSA) is 37.3 Å². The number of Topliss-reactive ketones (excluding diaryl/α,β-unsaturated/α-hetero) is 1. The first-order valence-electron chi connectivity index (χ1n) is 11.8. The molecule has 0 unspecified atom stereocenters. The number of phenolic OH excluding ortho intramolecular Hbond substituents is 1. The van der Waals surface area contributed by atoms with E-state index in [9.17, 15) is 18.7 Å². The van der Waals surface area contributed by atoms with E-state index in [4.69, 9.17) is 0 Å². The van der Waals surface area contributed by atoms with Crippen molar-refractivity contribution in [1.29, 1.82) is 0 Å². The molecule has 3 aromatic rings. The van der Waals surface area contributed by atoms with Crippen LogP contribution in [0.1, 0.15) is 79.8 Å². The fourth-order valence-electron chi connectivity index (χ4n) is 4.88. The van der Waals surface area contributed by atoms with E-state index in [1.54, 1.807) is 19.1 Å². The van der Waals surface area contributed by atoms with Crippen LogP contribution in [-0.2, 0) is 0 Å². The van der Waals surface area contributed by atoms with Gasteiger partial charge in [-0.3, -0.25) is 4.79 Å². The van der Waals surface area contributed by atoms with Crippen molar-refractivity contribution in [1.82, 2.24) is 0 Å². The highest BCUT2D eigenvalue weighted by Crippen LogP contribution is 2.41. The predicted molar refractivity (Wildman–Crippen MR) is 129 cm³/mol. The minimum absolute atomic E-state index is 0.0549. The highest BCUT2D eigenvalue weighted by molar-refractivity contribution is 5.99. The number of hydrogen-bond donors (Lipinski definition) is 1. The lowest BCUT2D eigenvalue weighted by Crippen LogP contribution is -2.10. The SMILES string of the molecule is CCC(=O)c1ccc(-c2ccc(-c3ccc(C4CCC(C)CC4)cc3)cc2)c(C(F)F)c1O. The molecule has 0 aromatic heterocycles. The van der Waals surface area contributed by atoms with Gasteiger partial charge in [-0.05, 0) is 58.6 Å². The van der Waals surface area contributed by atoms with Crippen molar-refractivity contribution in [3.05, 3.63) is 77.4 Å². The zero-order valence-corrected chi connectivity index (χ0v) is 19.2. The molecule has 1 aliphatic rings. The number of rotatable bonds is 6. The van der Waals surface area contributed by atoms with Gasteiger partial charge in [-0.15, -0.1) is 0 Å². The van der Waals surface area contributed by atoms with Crippen LogP contribution in [0.25, 0.3) is 22.3 Å². The van der Waals surface area contributed by atoms with Crippen molar-refractivity contribution in [2.45, 2.75) is 58.3 Å². The third kappa shape index (κ3) is 4.85. The Balaban J connectivity index is 1.59. The molecule has 172 valence electrons. The summed E-state index contributed by atoms with van der Waals surface area (Å²) in [5.41, 5.74) is 3.74. The Morgan fingerprint density at radius 3 is 1.97 bits per heavy atom. The summed E-state index contributed by atoms with van der Waals surface area (Å²) in [5, 5.41) is 10.4. The largest absolute Gasteiger partial charge is 0.507 e. The summed E-state index contributed by atoms with van der Waals surface area (Å²) in [7, 11) is 0. The van der Waals surface area contributed by atoms with Crippen LogP contribution in [0.15, 0.2) is 60.7 Å². The van der Waals surface area contributed by atoms with Gasteiger partial charge in [-0.25, -0.2) is 8.78 Å². The molecule has 0 radical (unpaired) electrons. The Labute approximate surface area is 194 Å². The van der Waals surface area contributed by atoms with Crippen LogP contribution in [0.2, 0.25) is 0 Å². The van der Waals surface area contributed by atoms with Gasteiger partial charge in [0, 0.05) is 6.42 Å². The molecule has 0 spiro atoms. The van der Waals surface area contributed by atoms with Gasteiger partial charge in [-0.1, -0.05) is 81.3 Å². The number of hydrogen-bond acceptors (Lipinski definition) is 2. The van der Waals surface area contributed by atoms with Gasteiger partial charge >= 0.3 is 0 Å². The molecule has 4 heteroatoms. The summed E-state index contributed by atoms with van der Waals surface area (Å²) in [5.74, 6) is 0.490. The Hall–Kier alpha value is -3.01. The van der Waals surface area contributed by atoms with Crippen molar-refractivity contribution in [3.63, 3.8) is 0 Å². The zero-order valence-electron chi connectivity index (χ0n) is 19.2. The Morgan fingerprint density at radius 1 is 0.879 bits per heavy atom. The smallest absolute Gasteiger partial charge is 0.268 e. The maximum absolute atomic E-state index is 13.8. The van der Waals surface area contributed by atoms with Gasteiger partial charge < -0.3 is 5.11 Å². The maximum Gasteiger partial charge on any atom is 0.268 e. The zero-order chi connectivity index (χ0) is 23.5. The van der Waals surface area contributed by atoms with Gasteiger partial charge in [0.2, 0.25) is 0 Å². The number of benzene rings is 3. The van der Waals surface area contributed by atoms with Crippen LogP contribution in [0.3, 0.4) is 0 Å². The third-order valence-electron chi connectivity index (χ3n) is 6.98. The first-order chi connectivity index (χ1) is 15.9. The van der Waals surface area contributed by atoms with Crippen molar-refractivity contribution in [2.75, 3.05) is 0 Å². The lowest BCUT2D eigenvalue weighted by molar-refractivity contribution is 0.0984. The molecular weight excluding hydrogens is 418 g/mol. The number of aromatic hydroxyl groups is 1. The van der Waals surface area contributed by atoms with Crippen LogP contribution < -0.4 is 0 Å². The minimum Gasteiger partial charge on any atom is -0.507 e. The van der Waals surface area contributed by atoms with Crippen LogP contribution >= 0.6 is 0 Å². The summed E-state index contributed by atoms with van der Waals surface area (Å²) in [6, 6.07) is 19.0. The van der Waals surface area contributed by atoms with Crippen LogP contribution in [0.4, 0.5) is 8.78 Å². The van der Waals surface area contributed by atoms with E-state index < -0.39 is 17.7 Å². The van der Waals surface area contributed by atoms with E-state index in [1.807, 2.05) is 12.1 Å². The number of carbonyl (C=O) groups is 1. The molecule has 2 nitrogen and oxygen atoms in total. The Bertz CT molecular complexity index is 1110. The first kappa shape index (κ1) is 23.2. The van der Waals surface area contributed by atoms with E-state index in [0.717, 1.165) is 17.0 Å². The summed E-state index contributed by atoms with van der Waals surface area (Å²) < 4.78 is 27.6. The van der Waals surface area contributed by atoms with E-state index in [0.29, 0.717) is 11.5 Å². The minimum atomic E-state index is -2.89. The second kappa shape index (κ2) is 9.86. The molecule has 1 N–H and O–H groups in total. The molecule has 33 heavy (non-hydrogen) atoms. The summed E-state index contributed by atoms with van der Waals surface area (Å²) in [6.45, 7) is 3.96. The Kier molecular flexibility index (Phi) is 6.92. The summed E-state index contributed by atoms with van der Waals surface area (Å²) in [4.78, 5) is 12.0. The monoisotopic (exact) mass is 448 g/mol. The highest BCUT2D eigenvalue weighted by Gasteiger charge is 2.24. The number of alkyl halides is 2. The quantitative estimate of drug-likeness (QED) is 0.384. The number of ketones is 1. The fraction of sp³-hybridized carbons (Fsp3) is 0.345. The fourth-order valence-corrected chi connectivity index (χ4v) is 4.88. The van der Waals surface area contributed by atoms with Crippen LogP contribution in [0, 0.1) is 5.92 Å². The highest BCUT2D eigenvalue weighted by atomic mass is 19.3. The summed E-state index contributed by atoms with van der Waals surface area (Å²) >= 11 is 0. The standard InChI is InChI=1S/C29H30F2O2/c1-3-26(32)25-17-16-24(27(28(25)33)29(30)31)23-14-12-22(13-15-23)21-10-8-20(9-11-21)19-6-4-18(2)5-7-19/h8-19,29,33H,3-7H2,1-2H3. The normalized spacial score (nSPS) is 18.5. The number of phenols is 1. The molecule has 0 bridgehead atoms. The third-order valence-corrected chi connectivity index (χ3v) is 6.98. The van der Waals surface area contributed by atoms with Gasteiger partial charge in [-0.2, -0.15) is 0 Å². The van der Waals surface area contributed by atoms with Crippen molar-refractivity contribution in [2.24, 2.45) is 5.92 Å². The average Bonchev–Trinajstić information content (AvgIpc) is 2.84. The first-order valence-corrected chi connectivity index (χ1v) is 11.8. The van der Waals surface area contributed by atoms with Crippen molar-refractivity contribution >= 4 is 5.78 Å². The van der Waals surface area contributed by atoms with Gasteiger partial charge in [0.25, 0.3) is 6.43 Å². The molecule has 1 saturated carbocycles. The van der Waals surface area contributed by atoms with Crippen LogP contribution in [0.5, 0.6) is 5.75 Å². The predicted octanol–water partition coefficient (Wildman–Crippen LogP) is 8.55. The molecule has 1 fully saturated rings. The van der Waals surface area contributed by atoms with Gasteiger partial charge in [0.05, 0.1) is 11.1 Å². The number of halogens is 2. The molecule has 0 heterocycles. The van der Waals surface area contributed by atoms with E-state index >= 15 is 0 Å². The molecule has 0 amide bonds.